The number of nitro benzene ring substituents is 1. The van der Waals surface area contributed by atoms with Gasteiger partial charge in [0.05, 0.1) is 11.5 Å². The van der Waals surface area contributed by atoms with Crippen molar-refractivity contribution in [3.05, 3.63) is 64.2 Å². The van der Waals surface area contributed by atoms with Crippen LogP contribution in [0.3, 0.4) is 0 Å². The van der Waals surface area contributed by atoms with Gasteiger partial charge in [0.1, 0.15) is 5.75 Å². The zero-order valence-corrected chi connectivity index (χ0v) is 13.5. The fraction of sp³-hybridized carbons (Fsp3) is 0.235. The number of hydrogen-bond donors (Lipinski definition) is 3. The van der Waals surface area contributed by atoms with Crippen LogP contribution in [0.15, 0.2) is 48.5 Å². The van der Waals surface area contributed by atoms with E-state index in [-0.39, 0.29) is 25.3 Å². The monoisotopic (exact) mass is 345 g/mol. The number of nitrogens with one attached hydrogen (secondary N) is 2. The second-order valence-electron chi connectivity index (χ2n) is 5.24. The number of ether oxygens (including phenoxy) is 1. The highest BCUT2D eigenvalue weighted by Crippen LogP contribution is 2.24. The molecule has 0 aliphatic rings. The molecule has 0 aliphatic heterocycles. The number of para-hydroxylation sites is 1. The Kier molecular flexibility index (Phi) is 6.73. The molecule has 0 radical (unpaired) electrons. The van der Waals surface area contributed by atoms with E-state index in [4.69, 9.17) is 9.84 Å². The molecular formula is C17H19N3O5. The standard InChI is InChI=1S/C17H19N3O5/c21-17(22)7-4-10-25-15-8-9-16(20(23)24)13(11-15)12-18-19-14-5-2-1-3-6-14/h1-3,5-6,8-9,11,18-19H,4,7,10,12H2,(H,21,22). The lowest BCUT2D eigenvalue weighted by molar-refractivity contribution is -0.385. The number of carboxylic acids is 1. The first kappa shape index (κ1) is 18.2. The molecule has 0 bridgehead atoms. The van der Waals surface area contributed by atoms with Crippen molar-refractivity contribution in [1.82, 2.24) is 5.43 Å². The normalized spacial score (nSPS) is 10.2. The Hall–Kier alpha value is -3.13. The Morgan fingerprint density at radius 3 is 2.64 bits per heavy atom. The Morgan fingerprint density at radius 1 is 1.20 bits per heavy atom. The molecule has 132 valence electrons. The van der Waals surface area contributed by atoms with Crippen molar-refractivity contribution in [3.63, 3.8) is 0 Å². The van der Waals surface area contributed by atoms with Gasteiger partial charge in [0, 0.05) is 30.3 Å². The average molecular weight is 345 g/mol. The van der Waals surface area contributed by atoms with Gasteiger partial charge in [0.2, 0.25) is 0 Å². The number of aliphatic carboxylic acids is 1. The second kappa shape index (κ2) is 9.24. The van der Waals surface area contributed by atoms with Crippen LogP contribution in [-0.4, -0.2) is 22.6 Å². The molecule has 0 aromatic heterocycles. The smallest absolute Gasteiger partial charge is 0.303 e. The van der Waals surface area contributed by atoms with E-state index >= 15 is 0 Å². The average Bonchev–Trinajstić information content (AvgIpc) is 2.59. The van der Waals surface area contributed by atoms with E-state index in [1.54, 1.807) is 6.07 Å². The predicted octanol–water partition coefficient (Wildman–Crippen LogP) is 2.96. The lowest BCUT2D eigenvalue weighted by atomic mass is 10.1. The number of hydrogen-bond acceptors (Lipinski definition) is 6. The van der Waals surface area contributed by atoms with Gasteiger partial charge in [0.25, 0.3) is 5.69 Å². The van der Waals surface area contributed by atoms with Gasteiger partial charge in [0.15, 0.2) is 0 Å². The Bertz CT molecular complexity index is 721. The van der Waals surface area contributed by atoms with Crippen LogP contribution in [0, 0.1) is 10.1 Å². The lowest BCUT2D eigenvalue weighted by Crippen LogP contribution is -2.21. The lowest BCUT2D eigenvalue weighted by Gasteiger charge is -2.11. The molecule has 0 fully saturated rings. The SMILES string of the molecule is O=C(O)CCCOc1ccc([N+](=O)[O-])c(CNNc2ccccc2)c1. The molecule has 2 aromatic rings. The van der Waals surface area contributed by atoms with E-state index in [9.17, 15) is 14.9 Å². The quantitative estimate of drug-likeness (QED) is 0.344. The summed E-state index contributed by atoms with van der Waals surface area (Å²) in [7, 11) is 0. The van der Waals surface area contributed by atoms with Crippen LogP contribution in [0.4, 0.5) is 11.4 Å². The van der Waals surface area contributed by atoms with Gasteiger partial charge in [-0.3, -0.25) is 14.9 Å². The zero-order valence-electron chi connectivity index (χ0n) is 13.5. The summed E-state index contributed by atoms with van der Waals surface area (Å²) in [5, 5.41) is 19.8. The molecule has 2 aromatic carbocycles. The minimum absolute atomic E-state index is 0.0137. The molecule has 0 unspecified atom stereocenters. The molecule has 0 heterocycles. The number of nitrogens with zero attached hydrogens (tertiary/aromatic N) is 1. The molecule has 0 saturated heterocycles. The molecule has 8 heteroatoms. The topological polar surface area (TPSA) is 114 Å². The Balaban J connectivity index is 1.96. The summed E-state index contributed by atoms with van der Waals surface area (Å²) in [5.74, 6) is -0.420. The summed E-state index contributed by atoms with van der Waals surface area (Å²) < 4.78 is 5.46. The van der Waals surface area contributed by atoms with Gasteiger partial charge in [-0.2, -0.15) is 0 Å². The fourth-order valence-corrected chi connectivity index (χ4v) is 2.15. The number of anilines is 1. The van der Waals surface area contributed by atoms with Crippen molar-refractivity contribution in [1.29, 1.82) is 0 Å². The van der Waals surface area contributed by atoms with E-state index in [1.807, 2.05) is 30.3 Å². The number of benzene rings is 2. The van der Waals surface area contributed by atoms with E-state index in [0.717, 1.165) is 5.69 Å². The molecular weight excluding hydrogens is 326 g/mol. The first-order valence-corrected chi connectivity index (χ1v) is 7.72. The summed E-state index contributed by atoms with van der Waals surface area (Å²) in [5.41, 5.74) is 7.19. The van der Waals surface area contributed by atoms with E-state index in [2.05, 4.69) is 10.9 Å². The van der Waals surface area contributed by atoms with Gasteiger partial charge in [-0.05, 0) is 30.7 Å². The van der Waals surface area contributed by atoms with Crippen molar-refractivity contribution >= 4 is 17.3 Å². The maximum Gasteiger partial charge on any atom is 0.303 e. The van der Waals surface area contributed by atoms with Crippen LogP contribution in [0.2, 0.25) is 0 Å². The van der Waals surface area contributed by atoms with Crippen LogP contribution in [0.25, 0.3) is 0 Å². The van der Waals surface area contributed by atoms with Gasteiger partial charge in [-0.15, -0.1) is 0 Å². The summed E-state index contributed by atoms with van der Waals surface area (Å²) in [6.45, 7) is 0.455. The number of rotatable bonds is 10. The van der Waals surface area contributed by atoms with Crippen LogP contribution >= 0.6 is 0 Å². The molecule has 0 amide bonds. The molecule has 0 saturated carbocycles. The maximum absolute atomic E-state index is 11.2. The highest BCUT2D eigenvalue weighted by Gasteiger charge is 2.14. The number of carbonyl (C=O) groups is 1. The molecule has 0 spiro atoms. The third-order valence-corrected chi connectivity index (χ3v) is 3.34. The van der Waals surface area contributed by atoms with Crippen molar-refractivity contribution in [2.45, 2.75) is 19.4 Å². The highest BCUT2D eigenvalue weighted by molar-refractivity contribution is 5.66. The molecule has 25 heavy (non-hydrogen) atoms. The number of nitro groups is 1. The van der Waals surface area contributed by atoms with Gasteiger partial charge < -0.3 is 15.3 Å². The van der Waals surface area contributed by atoms with Gasteiger partial charge in [-0.1, -0.05) is 18.2 Å². The first-order valence-electron chi connectivity index (χ1n) is 7.72. The van der Waals surface area contributed by atoms with Crippen molar-refractivity contribution in [2.75, 3.05) is 12.0 Å². The fourth-order valence-electron chi connectivity index (χ4n) is 2.15. The number of hydrazine groups is 1. The third kappa shape index (κ3) is 6.11. The molecule has 0 atom stereocenters. The zero-order chi connectivity index (χ0) is 18.1. The van der Waals surface area contributed by atoms with Crippen LogP contribution in [0.5, 0.6) is 5.75 Å². The Morgan fingerprint density at radius 2 is 1.96 bits per heavy atom. The summed E-state index contributed by atoms with van der Waals surface area (Å²) in [6.07, 6.45) is 0.387. The minimum Gasteiger partial charge on any atom is -0.494 e. The molecule has 0 aliphatic carbocycles. The van der Waals surface area contributed by atoms with Crippen LogP contribution in [0.1, 0.15) is 18.4 Å². The van der Waals surface area contributed by atoms with Crippen molar-refractivity contribution < 1.29 is 19.6 Å². The first-order chi connectivity index (χ1) is 12.1. The van der Waals surface area contributed by atoms with E-state index in [1.165, 1.54) is 12.1 Å². The highest BCUT2D eigenvalue weighted by atomic mass is 16.6. The molecule has 8 nitrogen and oxygen atoms in total. The maximum atomic E-state index is 11.2. The van der Waals surface area contributed by atoms with Crippen LogP contribution < -0.4 is 15.6 Å². The summed E-state index contributed by atoms with van der Waals surface area (Å²) >= 11 is 0. The van der Waals surface area contributed by atoms with Crippen molar-refractivity contribution in [2.24, 2.45) is 0 Å². The van der Waals surface area contributed by atoms with E-state index < -0.39 is 10.9 Å². The third-order valence-electron chi connectivity index (χ3n) is 3.34. The van der Waals surface area contributed by atoms with Crippen LogP contribution in [-0.2, 0) is 11.3 Å². The minimum atomic E-state index is -0.885. The predicted molar refractivity (Wildman–Crippen MR) is 92.4 cm³/mol. The van der Waals surface area contributed by atoms with Gasteiger partial charge >= 0.3 is 5.97 Å². The second-order valence-corrected chi connectivity index (χ2v) is 5.24. The van der Waals surface area contributed by atoms with Crippen molar-refractivity contribution in [3.8, 4) is 5.75 Å². The molecule has 3 N–H and O–H groups in total. The Labute approximate surface area is 144 Å². The number of carboxylic acid groups (broad SMARTS) is 1. The molecule has 2 rings (SSSR count). The van der Waals surface area contributed by atoms with E-state index in [0.29, 0.717) is 17.7 Å². The largest absolute Gasteiger partial charge is 0.494 e. The summed E-state index contributed by atoms with van der Waals surface area (Å²) in [6, 6.07) is 13.8. The summed E-state index contributed by atoms with van der Waals surface area (Å²) in [4.78, 5) is 21.2. The van der Waals surface area contributed by atoms with Gasteiger partial charge in [-0.25, -0.2) is 5.43 Å².